The van der Waals surface area contributed by atoms with Crippen molar-refractivity contribution in [2.45, 2.75) is 39.2 Å². The van der Waals surface area contributed by atoms with Crippen LogP contribution in [0, 0.1) is 10.1 Å². The van der Waals surface area contributed by atoms with Crippen molar-refractivity contribution in [3.8, 4) is 5.75 Å². The summed E-state index contributed by atoms with van der Waals surface area (Å²) in [4.78, 5) is 25.3. The molecule has 1 amide bonds. The number of nitrogens with zero attached hydrogens (tertiary/aromatic N) is 2. The average molecular weight is 439 g/mol. The van der Waals surface area contributed by atoms with Gasteiger partial charge in [0.15, 0.2) is 6.61 Å². The lowest BCUT2D eigenvalue weighted by molar-refractivity contribution is -0.385. The van der Waals surface area contributed by atoms with E-state index < -0.39 is 29.3 Å². The van der Waals surface area contributed by atoms with Gasteiger partial charge in [0, 0.05) is 25.2 Å². The zero-order chi connectivity index (χ0) is 23.2. The number of rotatable bonds is 9. The minimum Gasteiger partial charge on any atom is -0.484 e. The van der Waals surface area contributed by atoms with Crippen LogP contribution in [0.15, 0.2) is 42.5 Å². The first-order valence-electron chi connectivity index (χ1n) is 9.51. The predicted molar refractivity (Wildman–Crippen MR) is 109 cm³/mol. The fourth-order valence-corrected chi connectivity index (χ4v) is 2.72. The smallest absolute Gasteiger partial charge is 0.422 e. The van der Waals surface area contributed by atoms with Crippen molar-refractivity contribution in [1.29, 1.82) is 0 Å². The van der Waals surface area contributed by atoms with Gasteiger partial charge in [-0.15, -0.1) is 0 Å². The third-order valence-electron chi connectivity index (χ3n) is 4.67. The van der Waals surface area contributed by atoms with Gasteiger partial charge in [0.05, 0.1) is 4.92 Å². The summed E-state index contributed by atoms with van der Waals surface area (Å²) >= 11 is 0. The molecular weight excluding hydrogens is 415 g/mol. The number of hydrogen-bond donors (Lipinski definition) is 1. The maximum atomic E-state index is 12.6. The number of alkyl halides is 3. The largest absolute Gasteiger partial charge is 0.484 e. The Morgan fingerprint density at radius 3 is 2.42 bits per heavy atom. The van der Waals surface area contributed by atoms with Crippen LogP contribution in [0.1, 0.15) is 35.3 Å². The fraction of sp³-hybridized carbons (Fsp3) is 0.381. The van der Waals surface area contributed by atoms with Gasteiger partial charge in [0.2, 0.25) is 0 Å². The first kappa shape index (κ1) is 24.1. The lowest BCUT2D eigenvalue weighted by Gasteiger charge is -2.22. The maximum Gasteiger partial charge on any atom is 0.422 e. The average Bonchev–Trinajstić information content (AvgIpc) is 2.70. The minimum atomic E-state index is -4.57. The topological polar surface area (TPSA) is 84.7 Å². The number of nitrogens with one attached hydrogen (secondary N) is 1. The van der Waals surface area contributed by atoms with Gasteiger partial charge in [-0.1, -0.05) is 24.3 Å². The van der Waals surface area contributed by atoms with Gasteiger partial charge in [0.1, 0.15) is 11.3 Å². The number of benzene rings is 2. The zero-order valence-electron chi connectivity index (χ0n) is 17.4. The molecule has 2 aromatic carbocycles. The lowest BCUT2D eigenvalue weighted by Crippen LogP contribution is -2.28. The molecular formula is C21H24F3N3O4. The quantitative estimate of drug-likeness (QED) is 0.465. The SMILES string of the molecule is CC(C)N(C)Cc1ccccc1CNC(=O)c1cc(OCC(F)(F)F)ccc1[N+](=O)[O-]. The molecule has 1 N–H and O–H groups in total. The van der Waals surface area contributed by atoms with Crippen molar-refractivity contribution in [2.24, 2.45) is 0 Å². The van der Waals surface area contributed by atoms with Gasteiger partial charge < -0.3 is 10.1 Å². The van der Waals surface area contributed by atoms with Crippen molar-refractivity contribution >= 4 is 11.6 Å². The molecule has 0 unspecified atom stereocenters. The van der Waals surface area contributed by atoms with Crippen molar-refractivity contribution < 1.29 is 27.6 Å². The zero-order valence-corrected chi connectivity index (χ0v) is 17.4. The van der Waals surface area contributed by atoms with Crippen LogP contribution >= 0.6 is 0 Å². The molecule has 0 heterocycles. The summed E-state index contributed by atoms with van der Waals surface area (Å²) in [6.07, 6.45) is -4.57. The molecule has 2 rings (SSSR count). The van der Waals surface area contributed by atoms with Crippen molar-refractivity contribution in [1.82, 2.24) is 10.2 Å². The molecule has 0 aliphatic heterocycles. The van der Waals surface area contributed by atoms with Gasteiger partial charge in [-0.25, -0.2) is 0 Å². The Morgan fingerprint density at radius 2 is 1.84 bits per heavy atom. The van der Waals surface area contributed by atoms with E-state index in [1.165, 1.54) is 0 Å². The molecule has 31 heavy (non-hydrogen) atoms. The van der Waals surface area contributed by atoms with Crippen LogP contribution in [0.3, 0.4) is 0 Å². The highest BCUT2D eigenvalue weighted by molar-refractivity contribution is 5.98. The minimum absolute atomic E-state index is 0.103. The summed E-state index contributed by atoms with van der Waals surface area (Å²) < 4.78 is 41.7. The second-order valence-corrected chi connectivity index (χ2v) is 7.30. The van der Waals surface area contributed by atoms with Gasteiger partial charge in [-0.3, -0.25) is 19.8 Å². The van der Waals surface area contributed by atoms with E-state index in [4.69, 9.17) is 0 Å². The van der Waals surface area contributed by atoms with E-state index in [-0.39, 0.29) is 17.9 Å². The molecule has 0 aromatic heterocycles. The third-order valence-corrected chi connectivity index (χ3v) is 4.67. The molecule has 2 aromatic rings. The summed E-state index contributed by atoms with van der Waals surface area (Å²) in [5, 5.41) is 13.9. The number of carbonyl (C=O) groups is 1. The van der Waals surface area contributed by atoms with E-state index >= 15 is 0 Å². The molecule has 0 saturated heterocycles. The van der Waals surface area contributed by atoms with Gasteiger partial charge in [-0.05, 0) is 44.2 Å². The summed E-state index contributed by atoms with van der Waals surface area (Å²) in [7, 11) is 1.97. The van der Waals surface area contributed by atoms with Gasteiger partial charge >= 0.3 is 6.18 Å². The van der Waals surface area contributed by atoms with Crippen LogP contribution in [0.2, 0.25) is 0 Å². The fourth-order valence-electron chi connectivity index (χ4n) is 2.72. The molecule has 0 bridgehead atoms. The highest BCUT2D eigenvalue weighted by Gasteiger charge is 2.29. The normalized spacial score (nSPS) is 11.6. The van der Waals surface area contributed by atoms with Crippen LogP contribution in [-0.4, -0.2) is 41.6 Å². The summed E-state index contributed by atoms with van der Waals surface area (Å²) in [5.41, 5.74) is 0.914. The molecule has 0 radical (unpaired) electrons. The van der Waals surface area contributed by atoms with E-state index in [1.807, 2.05) is 31.3 Å². The number of nitro benzene ring substituents is 1. The number of halogens is 3. The predicted octanol–water partition coefficient (Wildman–Crippen LogP) is 4.31. The highest BCUT2D eigenvalue weighted by atomic mass is 19.4. The number of carbonyl (C=O) groups excluding carboxylic acids is 1. The van der Waals surface area contributed by atoms with Crippen molar-refractivity contribution in [3.63, 3.8) is 0 Å². The Morgan fingerprint density at radius 1 is 1.19 bits per heavy atom. The van der Waals surface area contributed by atoms with Gasteiger partial charge in [-0.2, -0.15) is 13.2 Å². The first-order valence-corrected chi connectivity index (χ1v) is 9.51. The summed E-state index contributed by atoms with van der Waals surface area (Å²) in [6.45, 7) is 3.29. The van der Waals surface area contributed by atoms with Gasteiger partial charge in [0.25, 0.3) is 11.6 Å². The Kier molecular flexibility index (Phi) is 7.98. The summed E-state index contributed by atoms with van der Waals surface area (Å²) in [5.74, 6) is -1.07. The number of amides is 1. The Balaban J connectivity index is 2.19. The van der Waals surface area contributed by atoms with E-state index in [0.717, 1.165) is 29.3 Å². The molecule has 7 nitrogen and oxygen atoms in total. The third kappa shape index (κ3) is 7.25. The molecule has 0 saturated carbocycles. The van der Waals surface area contributed by atoms with Crippen LogP contribution < -0.4 is 10.1 Å². The van der Waals surface area contributed by atoms with E-state index in [0.29, 0.717) is 12.6 Å². The number of hydrogen-bond acceptors (Lipinski definition) is 5. The van der Waals surface area contributed by atoms with Crippen molar-refractivity contribution in [3.05, 3.63) is 69.3 Å². The standard InChI is InChI=1S/C21H24F3N3O4/c1-14(2)26(3)12-16-7-5-4-6-15(16)11-25-20(28)18-10-17(31-13-21(22,23)24)8-9-19(18)27(29)30/h4-10,14H,11-13H2,1-3H3,(H,25,28). The number of ether oxygens (including phenoxy) is 1. The maximum absolute atomic E-state index is 12.6. The van der Waals surface area contributed by atoms with Crippen LogP contribution in [0.5, 0.6) is 5.75 Å². The molecule has 10 heteroatoms. The monoisotopic (exact) mass is 439 g/mol. The Bertz CT molecular complexity index is 932. The first-order chi connectivity index (χ1) is 14.5. The highest BCUT2D eigenvalue weighted by Crippen LogP contribution is 2.26. The summed E-state index contributed by atoms with van der Waals surface area (Å²) in [6, 6.07) is 10.7. The number of nitro groups is 1. The molecule has 168 valence electrons. The van der Waals surface area contributed by atoms with Crippen LogP contribution in [0.4, 0.5) is 18.9 Å². The molecule has 0 aliphatic carbocycles. The molecule has 0 atom stereocenters. The van der Waals surface area contributed by atoms with Crippen LogP contribution in [0.25, 0.3) is 0 Å². The second kappa shape index (κ2) is 10.3. The molecule has 0 fully saturated rings. The van der Waals surface area contributed by atoms with Crippen molar-refractivity contribution in [2.75, 3.05) is 13.7 Å². The van der Waals surface area contributed by atoms with E-state index in [2.05, 4.69) is 28.8 Å². The Labute approximate surface area is 178 Å². The lowest BCUT2D eigenvalue weighted by atomic mass is 10.1. The molecule has 0 spiro atoms. The van der Waals surface area contributed by atoms with E-state index in [1.54, 1.807) is 0 Å². The second-order valence-electron chi connectivity index (χ2n) is 7.30. The van der Waals surface area contributed by atoms with Crippen LogP contribution in [-0.2, 0) is 13.1 Å². The van der Waals surface area contributed by atoms with E-state index in [9.17, 15) is 28.1 Å². The Hall–Kier alpha value is -3.14. The molecule has 0 aliphatic rings.